The number of ether oxygens (including phenoxy) is 1. The zero-order valence-corrected chi connectivity index (χ0v) is 11.7. The number of nitriles is 2. The average molecular weight is 281 g/mol. The number of methoxy groups -OCH3 is 1. The minimum absolute atomic E-state index is 0.141. The lowest BCUT2D eigenvalue weighted by atomic mass is 10.2. The van der Waals surface area contributed by atoms with Gasteiger partial charge in [-0.15, -0.1) is 0 Å². The summed E-state index contributed by atoms with van der Waals surface area (Å²) in [4.78, 5) is 3.93. The largest absolute Gasteiger partial charge is 0.383 e. The lowest BCUT2D eigenvalue weighted by Crippen LogP contribution is -2.18. The van der Waals surface area contributed by atoms with Gasteiger partial charge in [0, 0.05) is 25.9 Å². The molecule has 0 aliphatic heterocycles. The van der Waals surface area contributed by atoms with Crippen molar-refractivity contribution >= 4 is 0 Å². The van der Waals surface area contributed by atoms with Crippen LogP contribution < -0.4 is 5.32 Å². The Labute approximate surface area is 123 Å². The topological polar surface area (TPSA) is 86.7 Å². The van der Waals surface area contributed by atoms with Gasteiger partial charge in [0.1, 0.15) is 18.5 Å². The van der Waals surface area contributed by atoms with Crippen molar-refractivity contribution in [3.63, 3.8) is 0 Å². The molecule has 0 radical (unpaired) electrons. The fourth-order valence-corrected chi connectivity index (χ4v) is 1.91. The molecule has 106 valence electrons. The molecule has 0 aliphatic carbocycles. The van der Waals surface area contributed by atoms with E-state index in [1.807, 2.05) is 36.4 Å². The Morgan fingerprint density at radius 3 is 2.62 bits per heavy atom. The SMILES string of the molecule is COCCNCc1ccc(-n2cnc(C#N)c2C#N)cc1. The van der Waals surface area contributed by atoms with Crippen LogP contribution in [-0.4, -0.2) is 29.8 Å². The molecule has 21 heavy (non-hydrogen) atoms. The van der Waals surface area contributed by atoms with E-state index in [2.05, 4.69) is 10.3 Å². The van der Waals surface area contributed by atoms with Gasteiger partial charge in [-0.2, -0.15) is 10.5 Å². The van der Waals surface area contributed by atoms with E-state index in [0.29, 0.717) is 6.61 Å². The molecule has 6 heteroatoms. The maximum atomic E-state index is 9.12. The predicted octanol–water partition coefficient (Wildman–Crippen LogP) is 1.35. The van der Waals surface area contributed by atoms with Gasteiger partial charge < -0.3 is 10.1 Å². The fourth-order valence-electron chi connectivity index (χ4n) is 1.91. The molecule has 0 fully saturated rings. The van der Waals surface area contributed by atoms with Crippen LogP contribution in [0, 0.1) is 22.7 Å². The summed E-state index contributed by atoms with van der Waals surface area (Å²) in [6.07, 6.45) is 1.49. The molecule has 1 heterocycles. The maximum absolute atomic E-state index is 9.12. The summed E-state index contributed by atoms with van der Waals surface area (Å²) < 4.78 is 6.58. The monoisotopic (exact) mass is 281 g/mol. The first-order chi connectivity index (χ1) is 10.3. The van der Waals surface area contributed by atoms with Crippen molar-refractivity contribution in [1.82, 2.24) is 14.9 Å². The molecule has 0 unspecified atom stereocenters. The second-order valence-electron chi connectivity index (χ2n) is 4.37. The molecule has 0 saturated heterocycles. The Balaban J connectivity index is 2.11. The van der Waals surface area contributed by atoms with Crippen LogP contribution in [0.2, 0.25) is 0 Å². The molecule has 0 amide bonds. The van der Waals surface area contributed by atoms with Crippen LogP contribution >= 0.6 is 0 Å². The first-order valence-corrected chi connectivity index (χ1v) is 6.46. The van der Waals surface area contributed by atoms with Gasteiger partial charge in [0.15, 0.2) is 11.4 Å². The summed E-state index contributed by atoms with van der Waals surface area (Å²) >= 11 is 0. The number of hydrogen-bond donors (Lipinski definition) is 1. The Hall–Kier alpha value is -2.67. The highest BCUT2D eigenvalue weighted by molar-refractivity contribution is 5.44. The van der Waals surface area contributed by atoms with E-state index in [-0.39, 0.29) is 11.4 Å². The molecule has 0 atom stereocenters. The quantitative estimate of drug-likeness (QED) is 0.808. The van der Waals surface area contributed by atoms with Crippen molar-refractivity contribution in [2.75, 3.05) is 20.3 Å². The number of benzene rings is 1. The molecule has 0 saturated carbocycles. The van der Waals surface area contributed by atoms with Gasteiger partial charge in [-0.3, -0.25) is 4.57 Å². The van der Waals surface area contributed by atoms with Crippen molar-refractivity contribution < 1.29 is 4.74 Å². The van der Waals surface area contributed by atoms with Crippen LogP contribution in [0.3, 0.4) is 0 Å². The van der Waals surface area contributed by atoms with E-state index in [0.717, 1.165) is 24.3 Å². The van der Waals surface area contributed by atoms with Crippen LogP contribution in [0.4, 0.5) is 0 Å². The van der Waals surface area contributed by atoms with Crippen molar-refractivity contribution in [2.45, 2.75) is 6.54 Å². The molecule has 1 aromatic carbocycles. The minimum Gasteiger partial charge on any atom is -0.383 e. The van der Waals surface area contributed by atoms with E-state index >= 15 is 0 Å². The average Bonchev–Trinajstić information content (AvgIpc) is 2.95. The molecule has 1 N–H and O–H groups in total. The maximum Gasteiger partial charge on any atom is 0.177 e. The third-order valence-electron chi connectivity index (χ3n) is 3.01. The summed E-state index contributed by atoms with van der Waals surface area (Å²) in [5.74, 6) is 0. The summed E-state index contributed by atoms with van der Waals surface area (Å²) in [5.41, 5.74) is 2.33. The van der Waals surface area contributed by atoms with Crippen LogP contribution in [-0.2, 0) is 11.3 Å². The van der Waals surface area contributed by atoms with E-state index in [1.54, 1.807) is 11.7 Å². The Bertz CT molecular complexity index is 676. The van der Waals surface area contributed by atoms with Crippen LogP contribution in [0.15, 0.2) is 30.6 Å². The van der Waals surface area contributed by atoms with Crippen molar-refractivity contribution in [3.8, 4) is 17.8 Å². The van der Waals surface area contributed by atoms with Gasteiger partial charge in [-0.05, 0) is 17.7 Å². The predicted molar refractivity (Wildman–Crippen MR) is 76.6 cm³/mol. The van der Waals surface area contributed by atoms with Crippen molar-refractivity contribution in [3.05, 3.63) is 47.5 Å². The fraction of sp³-hybridized carbons (Fsp3) is 0.267. The molecule has 0 aliphatic rings. The highest BCUT2D eigenvalue weighted by atomic mass is 16.5. The molecular formula is C15H15N5O. The number of imidazole rings is 1. The first-order valence-electron chi connectivity index (χ1n) is 6.46. The summed E-state index contributed by atoms with van der Waals surface area (Å²) in [6.45, 7) is 2.22. The molecule has 2 rings (SSSR count). The summed E-state index contributed by atoms with van der Waals surface area (Å²) in [7, 11) is 1.67. The molecule has 2 aromatic rings. The second-order valence-corrected chi connectivity index (χ2v) is 4.37. The highest BCUT2D eigenvalue weighted by Gasteiger charge is 2.11. The second kappa shape index (κ2) is 7.20. The normalized spacial score (nSPS) is 10.0. The van der Waals surface area contributed by atoms with Crippen molar-refractivity contribution in [1.29, 1.82) is 10.5 Å². The third-order valence-corrected chi connectivity index (χ3v) is 3.01. The lowest BCUT2D eigenvalue weighted by molar-refractivity contribution is 0.199. The summed E-state index contributed by atoms with van der Waals surface area (Å²) in [5, 5.41) is 21.3. The van der Waals surface area contributed by atoms with Crippen LogP contribution in [0.25, 0.3) is 5.69 Å². The van der Waals surface area contributed by atoms with E-state index in [9.17, 15) is 0 Å². The van der Waals surface area contributed by atoms with E-state index in [4.69, 9.17) is 15.3 Å². The van der Waals surface area contributed by atoms with Gasteiger partial charge in [0.2, 0.25) is 0 Å². The smallest absolute Gasteiger partial charge is 0.177 e. The minimum atomic E-state index is 0.141. The van der Waals surface area contributed by atoms with E-state index < -0.39 is 0 Å². The Morgan fingerprint density at radius 2 is 2.00 bits per heavy atom. The Morgan fingerprint density at radius 1 is 1.24 bits per heavy atom. The molecule has 6 nitrogen and oxygen atoms in total. The van der Waals surface area contributed by atoms with Gasteiger partial charge in [-0.1, -0.05) is 12.1 Å². The number of hydrogen-bond acceptors (Lipinski definition) is 5. The molecule has 0 spiro atoms. The van der Waals surface area contributed by atoms with Gasteiger partial charge >= 0.3 is 0 Å². The third kappa shape index (κ3) is 3.46. The zero-order chi connectivity index (χ0) is 15.1. The molecule has 0 bridgehead atoms. The van der Waals surface area contributed by atoms with Gasteiger partial charge in [0.25, 0.3) is 0 Å². The van der Waals surface area contributed by atoms with Crippen LogP contribution in [0.5, 0.6) is 0 Å². The number of aromatic nitrogens is 2. The lowest BCUT2D eigenvalue weighted by Gasteiger charge is -2.07. The number of nitrogens with zero attached hydrogens (tertiary/aromatic N) is 4. The standard InChI is InChI=1S/C15H15N5O/c1-21-7-6-18-10-12-2-4-13(5-3-12)20-11-19-14(8-16)15(20)9-17/h2-5,11,18H,6-7,10H2,1H3. The molecule has 1 aromatic heterocycles. The van der Waals surface area contributed by atoms with Crippen LogP contribution in [0.1, 0.15) is 17.0 Å². The molecular weight excluding hydrogens is 266 g/mol. The van der Waals surface area contributed by atoms with Gasteiger partial charge in [-0.25, -0.2) is 4.98 Å². The first kappa shape index (κ1) is 14.7. The Kier molecular flexibility index (Phi) is 5.05. The highest BCUT2D eigenvalue weighted by Crippen LogP contribution is 2.14. The van der Waals surface area contributed by atoms with Crippen molar-refractivity contribution in [2.24, 2.45) is 0 Å². The zero-order valence-electron chi connectivity index (χ0n) is 11.7. The summed E-state index contributed by atoms with van der Waals surface area (Å²) in [6, 6.07) is 11.7. The van der Waals surface area contributed by atoms with Gasteiger partial charge in [0.05, 0.1) is 6.61 Å². The number of rotatable bonds is 6. The van der Waals surface area contributed by atoms with E-state index in [1.165, 1.54) is 6.33 Å². The number of nitrogens with one attached hydrogen (secondary N) is 1.